The molecule has 1 heterocycles. The van der Waals surface area contributed by atoms with Gasteiger partial charge in [-0.15, -0.1) is 13.2 Å². The van der Waals surface area contributed by atoms with Crippen LogP contribution in [-0.2, 0) is 25.9 Å². The first-order valence-electron chi connectivity index (χ1n) is 12.6. The summed E-state index contributed by atoms with van der Waals surface area (Å²) in [7, 11) is -8.36. The average Bonchev–Trinajstić information content (AvgIpc) is 3.73. The van der Waals surface area contributed by atoms with Gasteiger partial charge in [0.25, 0.3) is 5.91 Å². The number of halogens is 6. The minimum absolute atomic E-state index is 0.00520. The van der Waals surface area contributed by atoms with Gasteiger partial charge >= 0.3 is 12.5 Å². The summed E-state index contributed by atoms with van der Waals surface area (Å²) in [6.07, 6.45) is -8.92. The summed E-state index contributed by atoms with van der Waals surface area (Å²) in [6, 6.07) is 5.98. The zero-order valence-electron chi connectivity index (χ0n) is 21.9. The highest BCUT2D eigenvalue weighted by molar-refractivity contribution is 7.93. The molecule has 0 spiro atoms. The highest BCUT2D eigenvalue weighted by Gasteiger charge is 2.46. The molecule has 0 unspecified atom stereocenters. The standard InChI is InChI=1S/C26H27F6NO6S2/c1-24(2,41(37,38)20-5-3-4-17(14-20)25(27,28)29)16-10-12-33(13-11-16)23(34)21-9-6-18(39-26(30,31)32)15-22(21)40(35,36)19-7-8-19/h3-6,9,14-16,19H,7-8,10-13H2,1-2H3. The largest absolute Gasteiger partial charge is 0.573 e. The number of benzene rings is 2. The lowest BCUT2D eigenvalue weighted by atomic mass is 9.85. The number of carbonyl (C=O) groups is 1. The van der Waals surface area contributed by atoms with Crippen molar-refractivity contribution in [3.05, 3.63) is 53.6 Å². The van der Waals surface area contributed by atoms with Gasteiger partial charge in [0.05, 0.1) is 30.9 Å². The molecule has 1 saturated carbocycles. The highest BCUT2D eigenvalue weighted by atomic mass is 32.2. The van der Waals surface area contributed by atoms with Crippen LogP contribution in [0.3, 0.4) is 0 Å². The first kappa shape index (κ1) is 31.1. The van der Waals surface area contributed by atoms with E-state index in [0.29, 0.717) is 25.0 Å². The van der Waals surface area contributed by atoms with Crippen molar-refractivity contribution in [1.82, 2.24) is 4.90 Å². The number of ether oxygens (including phenoxy) is 1. The van der Waals surface area contributed by atoms with Crippen molar-refractivity contribution in [2.45, 2.75) is 71.9 Å². The van der Waals surface area contributed by atoms with Gasteiger partial charge in [0.1, 0.15) is 5.75 Å². The Morgan fingerprint density at radius 2 is 1.49 bits per heavy atom. The van der Waals surface area contributed by atoms with Crippen molar-refractivity contribution in [1.29, 1.82) is 0 Å². The summed E-state index contributed by atoms with van der Waals surface area (Å²) in [4.78, 5) is 13.6. The average molecular weight is 628 g/mol. The number of likely N-dealkylation sites (tertiary alicyclic amines) is 1. The molecule has 2 aliphatic rings. The summed E-state index contributed by atoms with van der Waals surface area (Å²) in [5.74, 6) is -2.10. The number of amides is 1. The fourth-order valence-electron chi connectivity index (χ4n) is 4.98. The number of hydrogen-bond acceptors (Lipinski definition) is 6. The molecule has 0 N–H and O–H groups in total. The number of alkyl halides is 6. The molecule has 4 rings (SSSR count). The predicted octanol–water partition coefficient (Wildman–Crippen LogP) is 5.64. The van der Waals surface area contributed by atoms with E-state index < -0.39 is 75.1 Å². The van der Waals surface area contributed by atoms with Crippen LogP contribution in [0.2, 0.25) is 0 Å². The van der Waals surface area contributed by atoms with Gasteiger partial charge in [-0.05, 0) is 81.8 Å². The molecule has 1 aliphatic heterocycles. The molecule has 226 valence electrons. The molecule has 41 heavy (non-hydrogen) atoms. The van der Waals surface area contributed by atoms with E-state index in [1.165, 1.54) is 18.7 Å². The van der Waals surface area contributed by atoms with Gasteiger partial charge in [-0.25, -0.2) is 16.8 Å². The molecule has 1 aliphatic carbocycles. The van der Waals surface area contributed by atoms with Crippen molar-refractivity contribution in [2.75, 3.05) is 13.1 Å². The third-order valence-electron chi connectivity index (χ3n) is 7.62. The van der Waals surface area contributed by atoms with E-state index in [1.54, 1.807) is 0 Å². The number of sulfone groups is 2. The lowest BCUT2D eigenvalue weighted by molar-refractivity contribution is -0.274. The Bertz CT molecular complexity index is 1540. The smallest absolute Gasteiger partial charge is 0.406 e. The van der Waals surface area contributed by atoms with Crippen LogP contribution in [0.1, 0.15) is 55.5 Å². The molecule has 0 atom stereocenters. The second-order valence-electron chi connectivity index (χ2n) is 10.6. The third-order valence-corrected chi connectivity index (χ3v) is 12.5. The second-order valence-corrected chi connectivity index (χ2v) is 15.4. The summed E-state index contributed by atoms with van der Waals surface area (Å²) in [6.45, 7) is 2.80. The van der Waals surface area contributed by atoms with Gasteiger partial charge in [-0.3, -0.25) is 4.79 Å². The molecule has 2 aromatic carbocycles. The molecule has 2 aromatic rings. The van der Waals surface area contributed by atoms with Crippen LogP contribution in [0.5, 0.6) is 5.75 Å². The summed E-state index contributed by atoms with van der Waals surface area (Å²) < 4.78 is 133. The second kappa shape index (κ2) is 10.5. The Kier molecular flexibility index (Phi) is 7.95. The predicted molar refractivity (Wildman–Crippen MR) is 135 cm³/mol. The van der Waals surface area contributed by atoms with Gasteiger partial charge in [-0.2, -0.15) is 13.2 Å². The van der Waals surface area contributed by atoms with E-state index >= 15 is 0 Å². The van der Waals surface area contributed by atoms with Crippen LogP contribution >= 0.6 is 0 Å². The van der Waals surface area contributed by atoms with Gasteiger partial charge in [0.2, 0.25) is 0 Å². The van der Waals surface area contributed by atoms with Crippen molar-refractivity contribution < 1.29 is 52.7 Å². The van der Waals surface area contributed by atoms with Crippen LogP contribution in [0.25, 0.3) is 0 Å². The van der Waals surface area contributed by atoms with Crippen LogP contribution in [0.4, 0.5) is 26.3 Å². The topological polar surface area (TPSA) is 97.8 Å². The van der Waals surface area contributed by atoms with Gasteiger partial charge in [0.15, 0.2) is 19.7 Å². The van der Waals surface area contributed by atoms with Crippen LogP contribution in [-0.4, -0.2) is 57.1 Å². The monoisotopic (exact) mass is 627 g/mol. The molecule has 1 amide bonds. The Balaban J connectivity index is 1.55. The first-order chi connectivity index (χ1) is 18.7. The lowest BCUT2D eigenvalue weighted by Crippen LogP contribution is -2.47. The van der Waals surface area contributed by atoms with Gasteiger partial charge < -0.3 is 9.64 Å². The number of hydrogen-bond donors (Lipinski definition) is 0. The SMILES string of the molecule is CC(C)(C1CCN(C(=O)c2ccc(OC(F)(F)F)cc2S(=O)(=O)C2CC2)CC1)S(=O)(=O)c1cccc(C(F)(F)F)c1. The number of piperidine rings is 1. The van der Waals surface area contributed by atoms with Crippen LogP contribution < -0.4 is 4.74 Å². The molecular weight excluding hydrogens is 600 g/mol. The molecular formula is C26H27F6NO6S2. The summed E-state index contributed by atoms with van der Waals surface area (Å²) in [5, 5.41) is -0.817. The van der Waals surface area contributed by atoms with Gasteiger partial charge in [0, 0.05) is 13.1 Å². The van der Waals surface area contributed by atoms with Crippen LogP contribution in [0, 0.1) is 5.92 Å². The zero-order chi connectivity index (χ0) is 30.6. The van der Waals surface area contributed by atoms with Crippen molar-refractivity contribution in [3.8, 4) is 5.75 Å². The van der Waals surface area contributed by atoms with Crippen molar-refractivity contribution in [3.63, 3.8) is 0 Å². The molecule has 0 bridgehead atoms. The van der Waals surface area contributed by atoms with Crippen molar-refractivity contribution >= 4 is 25.6 Å². The Morgan fingerprint density at radius 3 is 2.02 bits per heavy atom. The first-order valence-corrected chi connectivity index (χ1v) is 15.6. The van der Waals surface area contributed by atoms with Gasteiger partial charge in [-0.1, -0.05) is 6.07 Å². The summed E-state index contributed by atoms with van der Waals surface area (Å²) >= 11 is 0. The Labute approximate surface area is 233 Å². The van der Waals surface area contributed by atoms with Crippen molar-refractivity contribution in [2.24, 2.45) is 5.92 Å². The van der Waals surface area contributed by atoms with E-state index in [1.807, 2.05) is 0 Å². The van der Waals surface area contributed by atoms with E-state index in [4.69, 9.17) is 0 Å². The maximum absolute atomic E-state index is 13.4. The van der Waals surface area contributed by atoms with E-state index in [9.17, 15) is 48.0 Å². The molecule has 0 aromatic heterocycles. The summed E-state index contributed by atoms with van der Waals surface area (Å²) in [5.41, 5.74) is -1.42. The van der Waals surface area contributed by atoms with E-state index in [0.717, 1.165) is 30.3 Å². The normalized spacial score (nSPS) is 17.9. The number of nitrogens with zero attached hydrogens (tertiary/aromatic N) is 1. The number of rotatable bonds is 7. The third kappa shape index (κ3) is 6.35. The van der Waals surface area contributed by atoms with Crippen LogP contribution in [0.15, 0.2) is 52.3 Å². The number of carbonyl (C=O) groups excluding carboxylic acids is 1. The molecule has 7 nitrogen and oxygen atoms in total. The van der Waals surface area contributed by atoms with E-state index in [2.05, 4.69) is 4.74 Å². The highest BCUT2D eigenvalue weighted by Crippen LogP contribution is 2.41. The quantitative estimate of drug-likeness (QED) is 0.369. The lowest BCUT2D eigenvalue weighted by Gasteiger charge is -2.40. The molecule has 0 radical (unpaired) electrons. The Morgan fingerprint density at radius 1 is 0.878 bits per heavy atom. The Hall–Kier alpha value is -2.81. The molecule has 1 saturated heterocycles. The minimum Gasteiger partial charge on any atom is -0.406 e. The maximum atomic E-state index is 13.4. The van der Waals surface area contributed by atoms with E-state index in [-0.39, 0.29) is 31.5 Å². The fourth-order valence-corrected chi connectivity index (χ4v) is 8.66. The molecule has 15 heteroatoms. The minimum atomic E-state index is -5.07. The molecule has 2 fully saturated rings. The fraction of sp³-hybridized carbons (Fsp3) is 0.500. The maximum Gasteiger partial charge on any atom is 0.573 e. The zero-order valence-corrected chi connectivity index (χ0v) is 23.6.